The summed E-state index contributed by atoms with van der Waals surface area (Å²) in [7, 11) is -3.08. The van der Waals surface area contributed by atoms with E-state index in [1.165, 1.54) is 11.8 Å². The smallest absolute Gasteiger partial charge is 0.211 e. The number of piperidine rings is 1. The second kappa shape index (κ2) is 6.26. The maximum Gasteiger partial charge on any atom is 0.211 e. The first-order chi connectivity index (χ1) is 10.8. The largest absolute Gasteiger partial charge is 0.460 e. The Morgan fingerprint density at radius 2 is 2.13 bits per heavy atom. The number of furan rings is 1. The molecule has 0 bridgehead atoms. The Labute approximate surface area is 137 Å². The van der Waals surface area contributed by atoms with Gasteiger partial charge in [0.1, 0.15) is 11.3 Å². The summed E-state index contributed by atoms with van der Waals surface area (Å²) in [4.78, 5) is 0. The van der Waals surface area contributed by atoms with Gasteiger partial charge in [0.2, 0.25) is 10.0 Å². The highest BCUT2D eigenvalue weighted by atomic mass is 32.2. The minimum atomic E-state index is -3.08. The summed E-state index contributed by atoms with van der Waals surface area (Å²) < 4.78 is 30.7. The minimum Gasteiger partial charge on any atom is -0.460 e. The molecular formula is C17H24N2O3S. The molecule has 0 aliphatic carbocycles. The van der Waals surface area contributed by atoms with Gasteiger partial charge in [0, 0.05) is 24.5 Å². The molecule has 2 aromatic rings. The fraction of sp³-hybridized carbons (Fsp3) is 0.529. The number of fused-ring (bicyclic) bond motifs is 1. The van der Waals surface area contributed by atoms with E-state index in [-0.39, 0.29) is 5.92 Å². The zero-order chi connectivity index (χ0) is 16.6. The van der Waals surface area contributed by atoms with Gasteiger partial charge in [0.05, 0.1) is 12.8 Å². The van der Waals surface area contributed by atoms with E-state index in [9.17, 15) is 8.42 Å². The maximum atomic E-state index is 11.6. The molecule has 1 aromatic carbocycles. The average Bonchev–Trinajstić information content (AvgIpc) is 2.86. The van der Waals surface area contributed by atoms with Crippen molar-refractivity contribution in [2.24, 2.45) is 5.92 Å². The first-order valence-electron chi connectivity index (χ1n) is 8.00. The van der Waals surface area contributed by atoms with Crippen LogP contribution < -0.4 is 5.32 Å². The van der Waals surface area contributed by atoms with Crippen LogP contribution in [0.1, 0.15) is 24.7 Å². The van der Waals surface area contributed by atoms with Crippen molar-refractivity contribution in [1.82, 2.24) is 9.62 Å². The lowest BCUT2D eigenvalue weighted by atomic mass is 9.95. The molecule has 0 radical (unpaired) electrons. The van der Waals surface area contributed by atoms with Crippen molar-refractivity contribution in [2.45, 2.75) is 32.9 Å². The second-order valence-corrected chi connectivity index (χ2v) is 8.61. The highest BCUT2D eigenvalue weighted by molar-refractivity contribution is 7.88. The van der Waals surface area contributed by atoms with Gasteiger partial charge in [0.25, 0.3) is 0 Å². The lowest BCUT2D eigenvalue weighted by molar-refractivity contribution is 0.217. The van der Waals surface area contributed by atoms with Crippen molar-refractivity contribution < 1.29 is 12.8 Å². The zero-order valence-electron chi connectivity index (χ0n) is 13.9. The molecule has 1 aliphatic heterocycles. The van der Waals surface area contributed by atoms with Crippen molar-refractivity contribution in [3.05, 3.63) is 35.6 Å². The SMILES string of the molecule is Cc1ccc2oc(CN[C@@H]3CCN(S(C)(=O)=O)C[C@@H]3C)cc2c1. The number of hydrogen-bond acceptors (Lipinski definition) is 4. The predicted molar refractivity (Wildman–Crippen MR) is 91.8 cm³/mol. The molecule has 5 nitrogen and oxygen atoms in total. The van der Waals surface area contributed by atoms with Crippen molar-refractivity contribution in [1.29, 1.82) is 0 Å². The van der Waals surface area contributed by atoms with E-state index in [1.54, 1.807) is 4.31 Å². The summed E-state index contributed by atoms with van der Waals surface area (Å²) in [5, 5.41) is 4.65. The molecule has 1 fully saturated rings. The monoisotopic (exact) mass is 336 g/mol. The Hall–Kier alpha value is -1.37. The molecule has 1 aromatic heterocycles. The van der Waals surface area contributed by atoms with E-state index >= 15 is 0 Å². The van der Waals surface area contributed by atoms with Gasteiger partial charge in [-0.3, -0.25) is 0 Å². The Morgan fingerprint density at radius 3 is 2.83 bits per heavy atom. The van der Waals surface area contributed by atoms with Crippen LogP contribution in [0.15, 0.2) is 28.7 Å². The molecule has 6 heteroatoms. The number of nitrogens with one attached hydrogen (secondary N) is 1. The first kappa shape index (κ1) is 16.5. The quantitative estimate of drug-likeness (QED) is 0.932. The molecule has 2 heterocycles. The molecule has 1 aliphatic rings. The van der Waals surface area contributed by atoms with Gasteiger partial charge in [0.15, 0.2) is 0 Å². The molecule has 1 saturated heterocycles. The fourth-order valence-electron chi connectivity index (χ4n) is 3.25. The van der Waals surface area contributed by atoms with Crippen LogP contribution in [0.5, 0.6) is 0 Å². The second-order valence-electron chi connectivity index (χ2n) is 6.63. The van der Waals surface area contributed by atoms with Gasteiger partial charge in [-0.1, -0.05) is 18.6 Å². The summed E-state index contributed by atoms with van der Waals surface area (Å²) >= 11 is 0. The van der Waals surface area contributed by atoms with Gasteiger partial charge in [-0.25, -0.2) is 12.7 Å². The van der Waals surface area contributed by atoms with E-state index < -0.39 is 10.0 Å². The van der Waals surface area contributed by atoms with Crippen LogP contribution in [0.25, 0.3) is 11.0 Å². The van der Waals surface area contributed by atoms with E-state index in [4.69, 9.17) is 4.42 Å². The molecule has 0 saturated carbocycles. The van der Waals surface area contributed by atoms with E-state index in [0.29, 0.717) is 25.7 Å². The number of sulfonamides is 1. The van der Waals surface area contributed by atoms with Gasteiger partial charge < -0.3 is 9.73 Å². The van der Waals surface area contributed by atoms with E-state index in [2.05, 4.69) is 31.3 Å². The first-order valence-corrected chi connectivity index (χ1v) is 9.85. The van der Waals surface area contributed by atoms with Crippen LogP contribution in [0.3, 0.4) is 0 Å². The predicted octanol–water partition coefficient (Wildman–Crippen LogP) is 2.50. The summed E-state index contributed by atoms with van der Waals surface area (Å²) in [6, 6.07) is 8.55. The van der Waals surface area contributed by atoms with Crippen molar-refractivity contribution in [2.75, 3.05) is 19.3 Å². The molecule has 1 N–H and O–H groups in total. The van der Waals surface area contributed by atoms with Crippen molar-refractivity contribution in [3.8, 4) is 0 Å². The lowest BCUT2D eigenvalue weighted by Gasteiger charge is -2.35. The third-order valence-electron chi connectivity index (χ3n) is 4.60. The zero-order valence-corrected chi connectivity index (χ0v) is 14.7. The van der Waals surface area contributed by atoms with Crippen LogP contribution in [-0.2, 0) is 16.6 Å². The highest BCUT2D eigenvalue weighted by Crippen LogP contribution is 2.22. The molecule has 0 unspecified atom stereocenters. The highest BCUT2D eigenvalue weighted by Gasteiger charge is 2.30. The summed E-state index contributed by atoms with van der Waals surface area (Å²) in [5.41, 5.74) is 2.13. The van der Waals surface area contributed by atoms with Crippen molar-refractivity contribution in [3.63, 3.8) is 0 Å². The van der Waals surface area contributed by atoms with Gasteiger partial charge in [-0.2, -0.15) is 0 Å². The van der Waals surface area contributed by atoms with Gasteiger partial charge >= 0.3 is 0 Å². The summed E-state index contributed by atoms with van der Waals surface area (Å²) in [6.07, 6.45) is 2.11. The van der Waals surface area contributed by atoms with Crippen LogP contribution in [0.2, 0.25) is 0 Å². The number of hydrogen-bond donors (Lipinski definition) is 1. The van der Waals surface area contributed by atoms with Gasteiger partial charge in [-0.15, -0.1) is 0 Å². The fourth-order valence-corrected chi connectivity index (χ4v) is 4.19. The average molecular weight is 336 g/mol. The molecule has 2 atom stereocenters. The maximum absolute atomic E-state index is 11.6. The lowest BCUT2D eigenvalue weighted by Crippen LogP contribution is -2.49. The number of aryl methyl sites for hydroxylation is 1. The van der Waals surface area contributed by atoms with Crippen LogP contribution in [0, 0.1) is 12.8 Å². The van der Waals surface area contributed by atoms with Crippen LogP contribution >= 0.6 is 0 Å². The Kier molecular flexibility index (Phi) is 4.49. The minimum absolute atomic E-state index is 0.282. The normalized spacial score (nSPS) is 23.4. The van der Waals surface area contributed by atoms with Gasteiger partial charge in [-0.05, 0) is 37.5 Å². The Balaban J connectivity index is 1.61. The third-order valence-corrected chi connectivity index (χ3v) is 5.87. The standard InChI is InChI=1S/C17H24N2O3S/c1-12-4-5-17-14(8-12)9-15(22-17)10-18-16-6-7-19(11-13(16)2)23(3,20)21/h4-5,8-9,13,16,18H,6-7,10-11H2,1-3H3/t13-,16+/m0/s1. The summed E-state index contributed by atoms with van der Waals surface area (Å²) in [5.74, 6) is 1.20. The molecule has 126 valence electrons. The number of rotatable bonds is 4. The van der Waals surface area contributed by atoms with Crippen LogP contribution in [-0.4, -0.2) is 38.1 Å². The molecule has 3 rings (SSSR count). The molecule has 0 amide bonds. The molecule has 0 spiro atoms. The van der Waals surface area contributed by atoms with Crippen molar-refractivity contribution >= 4 is 21.0 Å². The van der Waals surface area contributed by atoms with Crippen LogP contribution in [0.4, 0.5) is 0 Å². The topological polar surface area (TPSA) is 62.6 Å². The summed E-state index contributed by atoms with van der Waals surface area (Å²) in [6.45, 7) is 6.00. The Bertz CT molecular complexity index is 797. The molecular weight excluding hydrogens is 312 g/mol. The molecule has 23 heavy (non-hydrogen) atoms. The number of nitrogens with zero attached hydrogens (tertiary/aromatic N) is 1. The third kappa shape index (κ3) is 3.76. The Morgan fingerprint density at radius 1 is 1.35 bits per heavy atom. The van der Waals surface area contributed by atoms with E-state index in [0.717, 1.165) is 23.2 Å². The number of benzene rings is 1. The van der Waals surface area contributed by atoms with E-state index in [1.807, 2.05) is 12.1 Å².